The zero-order valence-corrected chi connectivity index (χ0v) is 52.5. The van der Waals surface area contributed by atoms with E-state index in [0.717, 1.165) is 12.8 Å². The first kappa shape index (κ1) is 54.0. The Hall–Kier alpha value is -6.98. The van der Waals surface area contributed by atoms with Crippen molar-refractivity contribution in [1.82, 2.24) is 0 Å². The van der Waals surface area contributed by atoms with Gasteiger partial charge in [-0.05, 0) is 197 Å². The minimum atomic E-state index is -0.153. The van der Waals surface area contributed by atoms with Crippen LogP contribution in [-0.4, -0.2) is 17.8 Å². The van der Waals surface area contributed by atoms with Crippen LogP contribution in [0.15, 0.2) is 158 Å². The largest absolute Gasteiger partial charge is 0.334 e. The van der Waals surface area contributed by atoms with Crippen LogP contribution in [0.4, 0.5) is 56.9 Å². The quantitative estimate of drug-likeness (QED) is 0.159. The van der Waals surface area contributed by atoms with Crippen LogP contribution in [0.3, 0.4) is 0 Å². The summed E-state index contributed by atoms with van der Waals surface area (Å²) in [6.45, 7) is 36.3. The van der Waals surface area contributed by atoms with Gasteiger partial charge in [-0.2, -0.15) is 0 Å². The maximum Gasteiger partial charge on any atom is 0.252 e. The summed E-state index contributed by atoms with van der Waals surface area (Å²) in [5.41, 5.74) is 28.7. The van der Waals surface area contributed by atoms with Gasteiger partial charge in [-0.1, -0.05) is 198 Å². The van der Waals surface area contributed by atoms with Crippen LogP contribution >= 0.6 is 0 Å². The minimum Gasteiger partial charge on any atom is -0.334 e. The highest BCUT2D eigenvalue weighted by atomic mass is 15.3. The zero-order valence-electron chi connectivity index (χ0n) is 52.5. The van der Waals surface area contributed by atoms with Crippen LogP contribution < -0.4 is 36.0 Å². The van der Waals surface area contributed by atoms with Crippen LogP contribution in [0.25, 0.3) is 11.1 Å². The first-order chi connectivity index (χ1) is 39.3. The fourth-order valence-electron chi connectivity index (χ4n) is 17.0. The molecular formula is C78H87BN4. The number of benzene rings is 8. The highest BCUT2D eigenvalue weighted by Gasteiger charge is 2.60. The summed E-state index contributed by atoms with van der Waals surface area (Å²) in [6, 6.07) is 63.1. The monoisotopic (exact) mass is 1090 g/mol. The molecule has 6 aliphatic rings. The molecule has 0 amide bonds. The molecule has 2 saturated carbocycles. The topological polar surface area (TPSA) is 13.0 Å². The van der Waals surface area contributed by atoms with Crippen LogP contribution in [0.2, 0.25) is 0 Å². The van der Waals surface area contributed by atoms with Gasteiger partial charge in [0.1, 0.15) is 0 Å². The van der Waals surface area contributed by atoms with Gasteiger partial charge in [-0.3, -0.25) is 0 Å². The molecule has 0 aromatic heterocycles. The number of rotatable bonds is 5. The average molecular weight is 1090 g/mol. The van der Waals surface area contributed by atoms with Crippen LogP contribution in [0, 0.1) is 13.8 Å². The van der Waals surface area contributed by atoms with Crippen molar-refractivity contribution in [3.05, 3.63) is 197 Å². The fraction of sp³-hybridized carbons (Fsp3) is 0.385. The fourth-order valence-corrected chi connectivity index (χ4v) is 17.0. The third-order valence-electron chi connectivity index (χ3n) is 22.1. The molecule has 5 heteroatoms. The Bertz CT molecular complexity index is 3950. The molecule has 4 nitrogen and oxygen atoms in total. The van der Waals surface area contributed by atoms with Crippen molar-refractivity contribution in [1.29, 1.82) is 0 Å². The van der Waals surface area contributed by atoms with Gasteiger partial charge in [0, 0.05) is 67.7 Å². The van der Waals surface area contributed by atoms with E-state index in [1.54, 1.807) is 0 Å². The van der Waals surface area contributed by atoms with Gasteiger partial charge in [0.25, 0.3) is 6.71 Å². The van der Waals surface area contributed by atoms with Crippen molar-refractivity contribution < 1.29 is 0 Å². The summed E-state index contributed by atoms with van der Waals surface area (Å²) in [5, 5.41) is 0. The Labute approximate surface area is 498 Å². The first-order valence-corrected chi connectivity index (χ1v) is 31.5. The molecule has 2 fully saturated rings. The number of hydrogen-bond donors (Lipinski definition) is 0. The van der Waals surface area contributed by atoms with Crippen molar-refractivity contribution in [2.24, 2.45) is 0 Å². The van der Waals surface area contributed by atoms with Gasteiger partial charge in [-0.25, -0.2) is 0 Å². The van der Waals surface area contributed by atoms with Gasteiger partial charge in [0.15, 0.2) is 0 Å². The summed E-state index contributed by atoms with van der Waals surface area (Å²) in [4.78, 5) is 11.1. The van der Waals surface area contributed by atoms with Crippen molar-refractivity contribution >= 4 is 80.0 Å². The number of hydrogen-bond acceptors (Lipinski definition) is 4. The van der Waals surface area contributed by atoms with Crippen molar-refractivity contribution in [3.8, 4) is 11.1 Å². The van der Waals surface area contributed by atoms with Gasteiger partial charge < -0.3 is 19.6 Å². The highest BCUT2D eigenvalue weighted by molar-refractivity contribution is 7.00. The summed E-state index contributed by atoms with van der Waals surface area (Å²) in [6.07, 6.45) is 9.55. The Balaban J connectivity index is 1.09. The lowest BCUT2D eigenvalue weighted by Crippen LogP contribution is -2.61. The molecule has 4 heterocycles. The molecule has 0 radical (unpaired) electrons. The van der Waals surface area contributed by atoms with Gasteiger partial charge >= 0.3 is 0 Å². The first-order valence-electron chi connectivity index (χ1n) is 31.5. The normalized spacial score (nSPS) is 23.3. The maximum atomic E-state index is 2.87. The second kappa shape index (κ2) is 18.3. The standard InChI is InChI=1S/C78H87BN4/c1-50-42-51(2)71-62(43-50)76(13)39-20-22-41-78(76,15)83(71)60-48-68-70-69(49-60)81(58-27-23-26-55(45-58)73(6,7)8)66-46-56(74(9,10)11)31-35-63(66)79(70)64-36-34-59(47-67(64)80(68)57-32-29-54(30-33-57)72(3,4)5)82-65-37-28-53(52-24-17-16-18-25-52)44-61(65)75(12)38-19-21-40-77(75,82)14/h16-18,23-37,42-49H,19-22,38-41H2,1-15H3. The molecule has 4 unspecified atom stereocenters. The van der Waals surface area contributed by atoms with Gasteiger partial charge in [0.05, 0.1) is 11.1 Å². The number of fused-ring (bicyclic) bond motifs is 10. The summed E-state index contributed by atoms with van der Waals surface area (Å²) in [5.74, 6) is 0. The van der Waals surface area contributed by atoms with Crippen LogP contribution in [-0.2, 0) is 27.1 Å². The second-order valence-electron chi connectivity index (χ2n) is 30.2. The summed E-state index contributed by atoms with van der Waals surface area (Å²) < 4.78 is 0. The smallest absolute Gasteiger partial charge is 0.252 e. The second-order valence-corrected chi connectivity index (χ2v) is 30.2. The SMILES string of the molecule is Cc1cc(C)c2c(c1)C1(C)CCCCC1(C)N2c1cc2c3c(c1)N(c1cccc(C(C)(C)C)c1)c1cc(C(C)(C)C)ccc1B3c1ccc(N3c4ccc(-c5ccccc5)cc4C4(C)CCCCC34C)cc1N2c1ccc(C(C)(C)C)cc1. The predicted octanol–water partition coefficient (Wildman–Crippen LogP) is 19.4. The van der Waals surface area contributed by atoms with E-state index in [1.165, 1.54) is 162 Å². The Morgan fingerprint density at radius 1 is 0.386 bits per heavy atom. The molecule has 8 aromatic rings. The molecule has 4 atom stereocenters. The zero-order chi connectivity index (χ0) is 58.1. The molecule has 2 aliphatic carbocycles. The van der Waals surface area contributed by atoms with E-state index in [-0.39, 0.29) is 44.9 Å². The van der Waals surface area contributed by atoms with Crippen LogP contribution in [0.5, 0.6) is 0 Å². The third-order valence-corrected chi connectivity index (χ3v) is 22.1. The van der Waals surface area contributed by atoms with E-state index in [4.69, 9.17) is 0 Å². The van der Waals surface area contributed by atoms with E-state index in [1.807, 2.05) is 0 Å². The summed E-state index contributed by atoms with van der Waals surface area (Å²) >= 11 is 0. The van der Waals surface area contributed by atoms with Crippen LogP contribution in [0.1, 0.15) is 180 Å². The molecule has 422 valence electrons. The van der Waals surface area contributed by atoms with E-state index in [9.17, 15) is 0 Å². The molecular weight excluding hydrogens is 1000 g/mol. The lowest BCUT2D eigenvalue weighted by Gasteiger charge is -2.51. The maximum absolute atomic E-state index is 2.87. The molecule has 0 N–H and O–H groups in total. The Morgan fingerprint density at radius 3 is 1.58 bits per heavy atom. The predicted molar refractivity (Wildman–Crippen MR) is 357 cm³/mol. The highest BCUT2D eigenvalue weighted by Crippen LogP contribution is 2.64. The van der Waals surface area contributed by atoms with Gasteiger partial charge in [-0.15, -0.1) is 0 Å². The molecule has 0 bridgehead atoms. The van der Waals surface area contributed by atoms with E-state index >= 15 is 0 Å². The molecule has 4 aliphatic heterocycles. The number of anilines is 10. The van der Waals surface area contributed by atoms with Crippen molar-refractivity contribution in [3.63, 3.8) is 0 Å². The lowest BCUT2D eigenvalue weighted by molar-refractivity contribution is 0.195. The summed E-state index contributed by atoms with van der Waals surface area (Å²) in [7, 11) is 0. The van der Waals surface area contributed by atoms with Gasteiger partial charge in [0.2, 0.25) is 0 Å². The molecule has 8 aromatic carbocycles. The Morgan fingerprint density at radius 2 is 0.928 bits per heavy atom. The molecule has 0 saturated heterocycles. The lowest BCUT2D eigenvalue weighted by atomic mass is 9.33. The van der Waals surface area contributed by atoms with E-state index in [0.29, 0.717) is 0 Å². The minimum absolute atomic E-state index is 0.000451. The van der Waals surface area contributed by atoms with E-state index in [2.05, 4.69) is 281 Å². The molecule has 83 heavy (non-hydrogen) atoms. The average Bonchev–Trinajstić information content (AvgIpc) is 1.90. The number of nitrogens with zero attached hydrogens (tertiary/aromatic N) is 4. The van der Waals surface area contributed by atoms with Crippen molar-refractivity contribution in [2.75, 3.05) is 19.6 Å². The molecule has 14 rings (SSSR count). The Kier molecular flexibility index (Phi) is 11.9. The third kappa shape index (κ3) is 7.83. The van der Waals surface area contributed by atoms with E-state index < -0.39 is 0 Å². The van der Waals surface area contributed by atoms with Crippen molar-refractivity contribution in [2.45, 2.75) is 193 Å². The molecule has 0 spiro atoms. The number of aryl methyl sites for hydroxylation is 2.